The highest BCUT2D eigenvalue weighted by molar-refractivity contribution is 5.78. The van der Waals surface area contributed by atoms with Crippen molar-refractivity contribution >= 4 is 5.91 Å². The number of hydrogen-bond donors (Lipinski definition) is 1. The molecule has 0 radical (unpaired) electrons. The molecule has 1 fully saturated rings. The van der Waals surface area contributed by atoms with Gasteiger partial charge < -0.3 is 20.3 Å². The molecule has 2 rings (SSSR count). The minimum absolute atomic E-state index is 0.0459. The second-order valence-electron chi connectivity index (χ2n) is 5.65. The Kier molecular flexibility index (Phi) is 5.59. The molecule has 1 aliphatic rings. The lowest BCUT2D eigenvalue weighted by Crippen LogP contribution is -2.44. The average Bonchev–Trinajstić information content (AvgIpc) is 2.65. The molecule has 1 aromatic rings. The Balaban J connectivity index is 1.94. The number of carbonyl (C=O) groups excluding carboxylic acids is 1. The van der Waals surface area contributed by atoms with Gasteiger partial charge in [-0.1, -0.05) is 18.2 Å². The Morgan fingerprint density at radius 3 is 2.90 bits per heavy atom. The Morgan fingerprint density at radius 1 is 1.38 bits per heavy atom. The van der Waals surface area contributed by atoms with Crippen molar-refractivity contribution in [3.8, 4) is 5.75 Å². The number of nitrogens with zero attached hydrogens (tertiary/aromatic N) is 2. The van der Waals surface area contributed by atoms with Crippen LogP contribution in [0.15, 0.2) is 24.3 Å². The third-order valence-electron chi connectivity index (χ3n) is 3.91. The normalized spacial score (nSPS) is 20.1. The summed E-state index contributed by atoms with van der Waals surface area (Å²) in [6, 6.07) is 7.81. The van der Waals surface area contributed by atoms with Crippen LogP contribution in [0.4, 0.5) is 0 Å². The van der Waals surface area contributed by atoms with Gasteiger partial charge in [0.25, 0.3) is 5.91 Å². The summed E-state index contributed by atoms with van der Waals surface area (Å²) in [5.74, 6) is 0.748. The van der Waals surface area contributed by atoms with Crippen LogP contribution < -0.4 is 10.5 Å². The minimum Gasteiger partial charge on any atom is -0.483 e. The fraction of sp³-hybridized carbons (Fsp3) is 0.562. The van der Waals surface area contributed by atoms with E-state index in [2.05, 4.69) is 18.9 Å². The highest BCUT2D eigenvalue weighted by Crippen LogP contribution is 2.17. The van der Waals surface area contributed by atoms with Crippen molar-refractivity contribution in [1.82, 2.24) is 9.80 Å². The quantitative estimate of drug-likeness (QED) is 0.902. The van der Waals surface area contributed by atoms with Gasteiger partial charge in [0.15, 0.2) is 6.61 Å². The summed E-state index contributed by atoms with van der Waals surface area (Å²) in [5.41, 5.74) is 6.60. The van der Waals surface area contributed by atoms with Crippen molar-refractivity contribution in [1.29, 1.82) is 0 Å². The number of carbonyl (C=O) groups is 1. The molecule has 1 unspecified atom stereocenters. The maximum atomic E-state index is 12.4. The van der Waals surface area contributed by atoms with Crippen LogP contribution in [-0.2, 0) is 11.3 Å². The number of hydrogen-bond acceptors (Lipinski definition) is 4. The van der Waals surface area contributed by atoms with Crippen LogP contribution in [0.25, 0.3) is 0 Å². The molecule has 0 aliphatic carbocycles. The van der Waals surface area contributed by atoms with Gasteiger partial charge in [-0.3, -0.25) is 4.79 Å². The van der Waals surface area contributed by atoms with E-state index in [1.165, 1.54) is 0 Å². The van der Waals surface area contributed by atoms with Crippen molar-refractivity contribution < 1.29 is 9.53 Å². The molecule has 0 saturated carbocycles. The van der Waals surface area contributed by atoms with Crippen molar-refractivity contribution in [3.63, 3.8) is 0 Å². The van der Waals surface area contributed by atoms with Gasteiger partial charge in [0.05, 0.1) is 0 Å². The zero-order valence-corrected chi connectivity index (χ0v) is 12.9. The highest BCUT2D eigenvalue weighted by atomic mass is 16.5. The minimum atomic E-state index is 0.0459. The second kappa shape index (κ2) is 7.43. The maximum Gasteiger partial charge on any atom is 0.260 e. The van der Waals surface area contributed by atoms with Crippen molar-refractivity contribution in [3.05, 3.63) is 29.8 Å². The molecule has 1 heterocycles. The molecule has 1 aliphatic heterocycles. The first-order valence-corrected chi connectivity index (χ1v) is 7.50. The standard InChI is InChI=1S/C16H25N3O2/c1-13-11-18(2)8-5-9-19(13)16(20)12-21-15-7-4-3-6-14(15)10-17/h3-4,6-7,13H,5,8-12,17H2,1-2H3. The van der Waals surface area contributed by atoms with Gasteiger partial charge in [0.2, 0.25) is 0 Å². The van der Waals surface area contributed by atoms with E-state index in [4.69, 9.17) is 10.5 Å². The first-order chi connectivity index (χ1) is 10.1. The van der Waals surface area contributed by atoms with Crippen LogP contribution in [0.5, 0.6) is 5.75 Å². The molecule has 0 aromatic heterocycles. The summed E-state index contributed by atoms with van der Waals surface area (Å²) >= 11 is 0. The Hall–Kier alpha value is -1.59. The Morgan fingerprint density at radius 2 is 2.14 bits per heavy atom. The van der Waals surface area contributed by atoms with Gasteiger partial charge in [-0.15, -0.1) is 0 Å². The van der Waals surface area contributed by atoms with Crippen LogP contribution >= 0.6 is 0 Å². The largest absolute Gasteiger partial charge is 0.483 e. The Labute approximate surface area is 126 Å². The molecule has 5 heteroatoms. The number of nitrogens with two attached hydrogens (primary N) is 1. The number of para-hydroxylation sites is 1. The van der Waals surface area contributed by atoms with E-state index in [9.17, 15) is 4.79 Å². The maximum absolute atomic E-state index is 12.4. The molecule has 1 atom stereocenters. The number of ether oxygens (including phenoxy) is 1. The number of amides is 1. The van der Waals surface area contributed by atoms with Crippen LogP contribution in [0, 0.1) is 0 Å². The first kappa shape index (κ1) is 15.8. The molecule has 5 nitrogen and oxygen atoms in total. The lowest BCUT2D eigenvalue weighted by molar-refractivity contribution is -0.135. The zero-order valence-electron chi connectivity index (χ0n) is 12.9. The number of likely N-dealkylation sites (N-methyl/N-ethyl adjacent to an activating group) is 1. The van der Waals surface area contributed by atoms with Gasteiger partial charge in [-0.05, 0) is 33.0 Å². The predicted molar refractivity (Wildman–Crippen MR) is 83.1 cm³/mol. The molecule has 1 aromatic carbocycles. The summed E-state index contributed by atoms with van der Waals surface area (Å²) < 4.78 is 5.67. The van der Waals surface area contributed by atoms with E-state index in [0.29, 0.717) is 12.3 Å². The van der Waals surface area contributed by atoms with Gasteiger partial charge >= 0.3 is 0 Å². The summed E-state index contributed by atoms with van der Waals surface area (Å²) in [6.45, 7) is 5.32. The van der Waals surface area contributed by atoms with Crippen LogP contribution in [0.1, 0.15) is 18.9 Å². The molecule has 1 amide bonds. The zero-order chi connectivity index (χ0) is 15.2. The molecule has 1 saturated heterocycles. The molecular weight excluding hydrogens is 266 g/mol. The van der Waals surface area contributed by atoms with Gasteiger partial charge in [0.1, 0.15) is 5.75 Å². The topological polar surface area (TPSA) is 58.8 Å². The molecule has 0 spiro atoms. The lowest BCUT2D eigenvalue weighted by Gasteiger charge is -2.28. The SMILES string of the molecule is CC1CN(C)CCCN1C(=O)COc1ccccc1CN. The summed E-state index contributed by atoms with van der Waals surface area (Å²) in [6.07, 6.45) is 1.01. The fourth-order valence-corrected chi connectivity index (χ4v) is 2.78. The smallest absolute Gasteiger partial charge is 0.260 e. The van der Waals surface area contributed by atoms with E-state index in [1.807, 2.05) is 29.2 Å². The summed E-state index contributed by atoms with van der Waals surface area (Å²) in [4.78, 5) is 16.6. The van der Waals surface area contributed by atoms with Crippen molar-refractivity contribution in [2.45, 2.75) is 25.9 Å². The van der Waals surface area contributed by atoms with E-state index >= 15 is 0 Å². The van der Waals surface area contributed by atoms with E-state index in [1.54, 1.807) is 0 Å². The van der Waals surface area contributed by atoms with Crippen LogP contribution in [0.2, 0.25) is 0 Å². The lowest BCUT2D eigenvalue weighted by atomic mass is 10.2. The van der Waals surface area contributed by atoms with Crippen molar-refractivity contribution in [2.75, 3.05) is 33.3 Å². The molecule has 2 N–H and O–H groups in total. The van der Waals surface area contributed by atoms with E-state index in [0.717, 1.165) is 31.6 Å². The highest BCUT2D eigenvalue weighted by Gasteiger charge is 2.24. The van der Waals surface area contributed by atoms with Crippen LogP contribution in [0.3, 0.4) is 0 Å². The molecule has 21 heavy (non-hydrogen) atoms. The van der Waals surface area contributed by atoms with E-state index < -0.39 is 0 Å². The molecular formula is C16H25N3O2. The third kappa shape index (κ3) is 4.19. The Bertz CT molecular complexity index is 478. The van der Waals surface area contributed by atoms with Gasteiger partial charge in [-0.25, -0.2) is 0 Å². The van der Waals surface area contributed by atoms with Crippen LogP contribution in [-0.4, -0.2) is 55.0 Å². The van der Waals surface area contributed by atoms with Gasteiger partial charge in [-0.2, -0.15) is 0 Å². The molecule has 116 valence electrons. The number of rotatable bonds is 4. The van der Waals surface area contributed by atoms with Gasteiger partial charge in [0, 0.05) is 31.2 Å². The average molecular weight is 291 g/mol. The first-order valence-electron chi connectivity index (χ1n) is 7.50. The second-order valence-corrected chi connectivity index (χ2v) is 5.65. The summed E-state index contributed by atoms with van der Waals surface area (Å²) in [7, 11) is 2.10. The predicted octanol–water partition coefficient (Wildman–Crippen LogP) is 1.08. The fourth-order valence-electron chi connectivity index (χ4n) is 2.78. The molecule has 0 bridgehead atoms. The third-order valence-corrected chi connectivity index (χ3v) is 3.91. The number of benzene rings is 1. The van der Waals surface area contributed by atoms with Crippen molar-refractivity contribution in [2.24, 2.45) is 5.73 Å². The van der Waals surface area contributed by atoms with E-state index in [-0.39, 0.29) is 18.6 Å². The summed E-state index contributed by atoms with van der Waals surface area (Å²) in [5, 5.41) is 0. The monoisotopic (exact) mass is 291 g/mol.